The maximum atomic E-state index is 11.6. The van der Waals surface area contributed by atoms with Gasteiger partial charge in [0.15, 0.2) is 5.11 Å². The standard InChI is InChI=1S/C23H25N5O2S/c1-30-20(29)10-6-14-28-22(21(26-23(28)31)18-8-2-3-12-25-18)19-9-5-13-27(19)16-17-7-4-11-24-15-17/h2-5,7-9,11-13,15,21-22H,6,10,14,16H2,1H3,(H,26,31)/t21-,22-/m0/s1. The van der Waals surface area contributed by atoms with E-state index in [1.807, 2.05) is 30.5 Å². The zero-order chi connectivity index (χ0) is 21.6. The van der Waals surface area contributed by atoms with Crippen molar-refractivity contribution in [2.75, 3.05) is 13.7 Å². The molecule has 0 amide bonds. The van der Waals surface area contributed by atoms with Crippen LogP contribution in [0.15, 0.2) is 67.3 Å². The second-order valence-corrected chi connectivity index (χ2v) is 7.81. The van der Waals surface area contributed by atoms with Crippen molar-refractivity contribution in [3.63, 3.8) is 0 Å². The molecule has 160 valence electrons. The molecule has 4 rings (SSSR count). The molecule has 0 radical (unpaired) electrons. The lowest BCUT2D eigenvalue weighted by Crippen LogP contribution is -2.32. The molecule has 0 saturated carbocycles. The summed E-state index contributed by atoms with van der Waals surface area (Å²) in [6, 6.07) is 14.0. The molecule has 3 aromatic rings. The lowest BCUT2D eigenvalue weighted by atomic mass is 10.0. The van der Waals surface area contributed by atoms with Crippen molar-refractivity contribution in [1.29, 1.82) is 0 Å². The first kappa shape index (κ1) is 21.0. The summed E-state index contributed by atoms with van der Waals surface area (Å²) in [6.07, 6.45) is 8.54. The summed E-state index contributed by atoms with van der Waals surface area (Å²) < 4.78 is 7.01. The van der Waals surface area contributed by atoms with Crippen LogP contribution in [0.25, 0.3) is 0 Å². The molecular formula is C23H25N5O2S. The minimum absolute atomic E-state index is 0.0493. The van der Waals surface area contributed by atoms with E-state index in [2.05, 4.69) is 49.1 Å². The summed E-state index contributed by atoms with van der Waals surface area (Å²) in [7, 11) is 1.41. The van der Waals surface area contributed by atoms with E-state index in [1.165, 1.54) is 7.11 Å². The third kappa shape index (κ3) is 4.74. The summed E-state index contributed by atoms with van der Waals surface area (Å²) >= 11 is 5.70. The van der Waals surface area contributed by atoms with E-state index in [0.29, 0.717) is 31.0 Å². The van der Waals surface area contributed by atoms with Crippen LogP contribution in [-0.2, 0) is 16.1 Å². The van der Waals surface area contributed by atoms with E-state index in [4.69, 9.17) is 17.0 Å². The second kappa shape index (κ2) is 9.70. The molecule has 31 heavy (non-hydrogen) atoms. The smallest absolute Gasteiger partial charge is 0.305 e. The van der Waals surface area contributed by atoms with Gasteiger partial charge >= 0.3 is 5.97 Å². The number of carbonyl (C=O) groups is 1. The second-order valence-electron chi connectivity index (χ2n) is 7.42. The molecule has 3 aromatic heterocycles. The van der Waals surface area contributed by atoms with Crippen LogP contribution in [0.4, 0.5) is 0 Å². The lowest BCUT2D eigenvalue weighted by molar-refractivity contribution is -0.140. The molecule has 1 aliphatic rings. The van der Waals surface area contributed by atoms with Gasteiger partial charge < -0.3 is 19.5 Å². The Morgan fingerprint density at radius 1 is 1.19 bits per heavy atom. The predicted octanol–water partition coefficient (Wildman–Crippen LogP) is 3.25. The number of nitrogens with zero attached hydrogens (tertiary/aromatic N) is 4. The number of hydrogen-bond donors (Lipinski definition) is 1. The third-order valence-electron chi connectivity index (χ3n) is 5.45. The molecule has 1 aliphatic heterocycles. The van der Waals surface area contributed by atoms with Crippen LogP contribution in [0.1, 0.15) is 41.9 Å². The molecule has 0 spiro atoms. The van der Waals surface area contributed by atoms with E-state index in [-0.39, 0.29) is 18.1 Å². The Labute approximate surface area is 187 Å². The molecule has 0 aliphatic carbocycles. The Morgan fingerprint density at radius 2 is 2.10 bits per heavy atom. The zero-order valence-electron chi connectivity index (χ0n) is 17.3. The molecule has 1 N–H and O–H groups in total. The largest absolute Gasteiger partial charge is 0.469 e. The van der Waals surface area contributed by atoms with E-state index < -0.39 is 0 Å². The Bertz CT molecular complexity index is 1020. The van der Waals surface area contributed by atoms with E-state index in [9.17, 15) is 4.79 Å². The molecule has 8 heteroatoms. The van der Waals surface area contributed by atoms with E-state index in [0.717, 1.165) is 17.0 Å². The summed E-state index contributed by atoms with van der Waals surface area (Å²) in [6.45, 7) is 1.36. The van der Waals surface area contributed by atoms with E-state index in [1.54, 1.807) is 12.4 Å². The van der Waals surface area contributed by atoms with Gasteiger partial charge in [0.2, 0.25) is 0 Å². The highest BCUT2D eigenvalue weighted by atomic mass is 32.1. The maximum Gasteiger partial charge on any atom is 0.305 e. The van der Waals surface area contributed by atoms with Crippen LogP contribution in [0, 0.1) is 0 Å². The van der Waals surface area contributed by atoms with Crippen molar-refractivity contribution in [1.82, 2.24) is 24.8 Å². The van der Waals surface area contributed by atoms with Gasteiger partial charge in [-0.2, -0.15) is 0 Å². The number of thiocarbonyl (C=S) groups is 1. The van der Waals surface area contributed by atoms with Crippen molar-refractivity contribution in [2.45, 2.75) is 31.5 Å². The van der Waals surface area contributed by atoms with Crippen LogP contribution in [0.2, 0.25) is 0 Å². The number of ether oxygens (including phenoxy) is 1. The summed E-state index contributed by atoms with van der Waals surface area (Å²) in [5, 5.41) is 4.12. The number of nitrogens with one attached hydrogen (secondary N) is 1. The van der Waals surface area contributed by atoms with Gasteiger partial charge in [0.1, 0.15) is 0 Å². The first-order chi connectivity index (χ1) is 15.2. The van der Waals surface area contributed by atoms with Gasteiger partial charge in [0, 0.05) is 50.0 Å². The van der Waals surface area contributed by atoms with Crippen molar-refractivity contribution in [3.8, 4) is 0 Å². The fraction of sp³-hybridized carbons (Fsp3) is 0.304. The average Bonchev–Trinajstić information content (AvgIpc) is 3.38. The minimum Gasteiger partial charge on any atom is -0.469 e. The number of carbonyl (C=O) groups excluding carboxylic acids is 1. The molecule has 7 nitrogen and oxygen atoms in total. The Morgan fingerprint density at radius 3 is 2.84 bits per heavy atom. The lowest BCUT2D eigenvalue weighted by Gasteiger charge is -2.29. The van der Waals surface area contributed by atoms with Crippen molar-refractivity contribution in [2.24, 2.45) is 0 Å². The van der Waals surface area contributed by atoms with Gasteiger partial charge in [-0.3, -0.25) is 14.8 Å². The molecule has 0 bridgehead atoms. The molecule has 2 atom stereocenters. The van der Waals surface area contributed by atoms with Gasteiger partial charge in [-0.05, 0) is 54.5 Å². The molecule has 1 saturated heterocycles. The quantitative estimate of drug-likeness (QED) is 0.430. The average molecular weight is 436 g/mol. The Kier molecular flexibility index (Phi) is 6.57. The summed E-state index contributed by atoms with van der Waals surface area (Å²) in [5.74, 6) is -0.212. The van der Waals surface area contributed by atoms with Crippen LogP contribution >= 0.6 is 12.2 Å². The molecular weight excluding hydrogens is 410 g/mol. The highest BCUT2D eigenvalue weighted by Crippen LogP contribution is 2.39. The minimum atomic E-state index is -0.212. The monoisotopic (exact) mass is 435 g/mol. The zero-order valence-corrected chi connectivity index (χ0v) is 18.2. The van der Waals surface area contributed by atoms with Gasteiger partial charge in [0.05, 0.1) is 24.9 Å². The van der Waals surface area contributed by atoms with Crippen molar-refractivity contribution in [3.05, 3.63) is 84.2 Å². The molecule has 0 unspecified atom stereocenters. The summed E-state index contributed by atoms with van der Waals surface area (Å²) in [5.41, 5.74) is 3.18. The van der Waals surface area contributed by atoms with Crippen molar-refractivity contribution >= 4 is 23.3 Å². The Balaban J connectivity index is 1.65. The topological polar surface area (TPSA) is 72.3 Å². The Hall–Kier alpha value is -3.26. The fourth-order valence-electron chi connectivity index (χ4n) is 3.99. The molecule has 0 aromatic carbocycles. The molecule has 4 heterocycles. The number of methoxy groups -OCH3 is 1. The maximum absolute atomic E-state index is 11.6. The van der Waals surface area contributed by atoms with Crippen LogP contribution < -0.4 is 5.32 Å². The number of aromatic nitrogens is 3. The SMILES string of the molecule is COC(=O)CCCN1C(=S)N[C@@H](c2ccccn2)[C@@H]1c1cccn1Cc1cccnc1. The number of rotatable bonds is 8. The van der Waals surface area contributed by atoms with Gasteiger partial charge in [-0.15, -0.1) is 0 Å². The highest BCUT2D eigenvalue weighted by molar-refractivity contribution is 7.80. The van der Waals surface area contributed by atoms with Crippen LogP contribution in [-0.4, -0.2) is 44.2 Å². The highest BCUT2D eigenvalue weighted by Gasteiger charge is 2.40. The number of hydrogen-bond acceptors (Lipinski definition) is 5. The van der Waals surface area contributed by atoms with E-state index >= 15 is 0 Å². The van der Waals surface area contributed by atoms with Crippen molar-refractivity contribution < 1.29 is 9.53 Å². The predicted molar refractivity (Wildman–Crippen MR) is 121 cm³/mol. The number of pyridine rings is 2. The first-order valence-corrected chi connectivity index (χ1v) is 10.7. The number of esters is 1. The fourth-order valence-corrected chi connectivity index (χ4v) is 4.32. The molecule has 1 fully saturated rings. The third-order valence-corrected chi connectivity index (χ3v) is 5.80. The first-order valence-electron chi connectivity index (χ1n) is 10.3. The van der Waals surface area contributed by atoms with Gasteiger partial charge in [-0.1, -0.05) is 12.1 Å². The van der Waals surface area contributed by atoms with Crippen LogP contribution in [0.3, 0.4) is 0 Å². The van der Waals surface area contributed by atoms with Gasteiger partial charge in [0.25, 0.3) is 0 Å². The normalized spacial score (nSPS) is 18.1. The van der Waals surface area contributed by atoms with Crippen LogP contribution in [0.5, 0.6) is 0 Å². The summed E-state index contributed by atoms with van der Waals surface area (Å²) in [4.78, 5) is 22.6. The van der Waals surface area contributed by atoms with Gasteiger partial charge in [-0.25, -0.2) is 0 Å².